The second kappa shape index (κ2) is 3.97. The van der Waals surface area contributed by atoms with Gasteiger partial charge in [0.25, 0.3) is 0 Å². The zero-order valence-electron chi connectivity index (χ0n) is 10.2. The first kappa shape index (κ1) is 9.47. The Morgan fingerprint density at radius 3 is 2.62 bits per heavy atom. The van der Waals surface area contributed by atoms with Crippen LogP contribution < -0.4 is 0 Å². The maximum absolute atomic E-state index is 9.74. The number of β-amino-alcohol motifs (C(OH)–C–C–N with tert-alkyl or cyclic N) is 1. The molecule has 0 amide bonds. The Kier molecular flexibility index (Phi) is 2.89. The predicted molar refractivity (Wildman–Crippen MR) is 55.7 cm³/mol. The summed E-state index contributed by atoms with van der Waals surface area (Å²) in [5.41, 5.74) is -0.0127. The Hall–Kier alpha value is -0.0800. The zero-order chi connectivity index (χ0) is 10.9. The van der Waals surface area contributed by atoms with E-state index in [4.69, 9.17) is 1.37 Å². The van der Waals surface area contributed by atoms with Crippen molar-refractivity contribution < 1.29 is 6.48 Å². The minimum absolute atomic E-state index is 0.0127. The molecule has 0 aliphatic carbocycles. The highest BCUT2D eigenvalue weighted by Crippen LogP contribution is 2.25. The Labute approximate surface area is 83.3 Å². The molecule has 1 rings (SSSR count). The van der Waals surface area contributed by atoms with Gasteiger partial charge in [-0.15, -0.1) is 0 Å². The molecular formula is C11H23NO. The third-order valence-corrected chi connectivity index (χ3v) is 2.76. The average Bonchev–Trinajstić information content (AvgIpc) is 2.06. The topological polar surface area (TPSA) is 23.5 Å². The largest absolute Gasteiger partial charge is 0.392 e. The van der Waals surface area contributed by atoms with Crippen LogP contribution in [0.15, 0.2) is 0 Å². The number of rotatable bonds is 1. The number of hydrogen-bond acceptors (Lipinski definition) is 2. The summed E-state index contributed by atoms with van der Waals surface area (Å²) in [5, 5.41) is 9.74. The summed E-state index contributed by atoms with van der Waals surface area (Å²) >= 11 is 0. The summed E-state index contributed by atoms with van der Waals surface area (Å²) in [7, 11) is 0. The minimum atomic E-state index is -0.249. The van der Waals surface area contributed by atoms with Crippen LogP contribution in [0.3, 0.4) is 0 Å². The average molecular weight is 186 g/mol. The monoisotopic (exact) mass is 186 g/mol. The van der Waals surface area contributed by atoms with E-state index >= 15 is 0 Å². The molecule has 2 heteroatoms. The first-order valence-corrected chi connectivity index (χ1v) is 5.23. The summed E-state index contributed by atoms with van der Waals surface area (Å²) in [4.78, 5) is 2.11. The molecule has 3 atom stereocenters. The quantitative estimate of drug-likeness (QED) is 0.676. The molecule has 0 radical (unpaired) electrons. The standard InChI is InChI=1S/C11H23NO/c1-5-9-6-10(13)8-12(7-9)11(2,3)4/h9-10,13H,5-8H2,1-4H3/i7D. The molecule has 1 fully saturated rings. The van der Waals surface area contributed by atoms with Gasteiger partial charge in [0, 0.05) is 20.0 Å². The fourth-order valence-corrected chi connectivity index (χ4v) is 1.80. The maximum atomic E-state index is 9.74. The molecule has 13 heavy (non-hydrogen) atoms. The molecule has 3 unspecified atom stereocenters. The first-order valence-electron chi connectivity index (χ1n) is 5.81. The summed E-state index contributed by atoms with van der Waals surface area (Å²) < 4.78 is 8.15. The van der Waals surface area contributed by atoms with Crippen LogP contribution in [0.2, 0.25) is 0 Å². The lowest BCUT2D eigenvalue weighted by atomic mass is 9.90. The van der Waals surface area contributed by atoms with E-state index in [1.807, 2.05) is 0 Å². The van der Waals surface area contributed by atoms with E-state index in [0.29, 0.717) is 12.5 Å². The number of likely N-dealkylation sites (tertiary alicyclic amines) is 1. The molecule has 1 N–H and O–H groups in total. The molecule has 1 heterocycles. The van der Waals surface area contributed by atoms with E-state index in [9.17, 15) is 5.11 Å². The van der Waals surface area contributed by atoms with Gasteiger partial charge in [0.2, 0.25) is 0 Å². The molecule has 0 spiro atoms. The molecule has 1 aliphatic rings. The van der Waals surface area contributed by atoms with E-state index in [-0.39, 0.29) is 18.2 Å². The van der Waals surface area contributed by atoms with Crippen molar-refractivity contribution in [3.63, 3.8) is 0 Å². The minimum Gasteiger partial charge on any atom is -0.392 e. The van der Waals surface area contributed by atoms with Crippen molar-refractivity contribution >= 4 is 0 Å². The normalized spacial score (nSPS) is 38.8. The van der Waals surface area contributed by atoms with Gasteiger partial charge in [0.05, 0.1) is 6.10 Å². The molecule has 78 valence electrons. The zero-order valence-corrected chi connectivity index (χ0v) is 9.25. The van der Waals surface area contributed by atoms with Crippen LogP contribution >= 0.6 is 0 Å². The molecule has 0 aromatic heterocycles. The lowest BCUT2D eigenvalue weighted by Crippen LogP contribution is -2.51. The van der Waals surface area contributed by atoms with E-state index in [0.717, 1.165) is 12.8 Å². The van der Waals surface area contributed by atoms with Crippen molar-refractivity contribution in [1.29, 1.82) is 0 Å². The molecular weight excluding hydrogens is 162 g/mol. The van der Waals surface area contributed by atoms with Gasteiger partial charge >= 0.3 is 0 Å². The fourth-order valence-electron chi connectivity index (χ4n) is 1.80. The Balaban J connectivity index is 2.75. The molecule has 0 aromatic rings. The van der Waals surface area contributed by atoms with Crippen LogP contribution in [-0.2, 0) is 0 Å². The lowest BCUT2D eigenvalue weighted by Gasteiger charge is -2.43. The molecule has 0 aromatic carbocycles. The van der Waals surface area contributed by atoms with Crippen LogP contribution in [0.4, 0.5) is 0 Å². The van der Waals surface area contributed by atoms with Crippen molar-refractivity contribution in [1.82, 2.24) is 4.90 Å². The number of piperidine rings is 1. The predicted octanol–water partition coefficient (Wildman–Crippen LogP) is 1.88. The van der Waals surface area contributed by atoms with Gasteiger partial charge in [-0.3, -0.25) is 4.90 Å². The van der Waals surface area contributed by atoms with Gasteiger partial charge in [0.1, 0.15) is 0 Å². The maximum Gasteiger partial charge on any atom is 0.0670 e. The first-order chi connectivity index (χ1) is 6.36. The Morgan fingerprint density at radius 1 is 1.54 bits per heavy atom. The van der Waals surface area contributed by atoms with Crippen LogP contribution in [0.5, 0.6) is 0 Å². The number of hydrogen-bond donors (Lipinski definition) is 1. The third-order valence-electron chi connectivity index (χ3n) is 2.76. The smallest absolute Gasteiger partial charge is 0.0670 e. The molecule has 1 saturated heterocycles. The SMILES string of the molecule is [2H]C1C(CC)CC(O)CN1C(C)(C)C. The van der Waals surface area contributed by atoms with Gasteiger partial charge in [-0.05, 0) is 33.1 Å². The van der Waals surface area contributed by atoms with Crippen molar-refractivity contribution in [2.45, 2.75) is 52.2 Å². The van der Waals surface area contributed by atoms with Gasteiger partial charge in [-0.2, -0.15) is 0 Å². The highest BCUT2D eigenvalue weighted by Gasteiger charge is 2.31. The van der Waals surface area contributed by atoms with Gasteiger partial charge in [0.15, 0.2) is 0 Å². The van der Waals surface area contributed by atoms with Gasteiger partial charge in [-0.25, -0.2) is 0 Å². The van der Waals surface area contributed by atoms with E-state index < -0.39 is 0 Å². The fraction of sp³-hybridized carbons (Fsp3) is 1.00. The molecule has 0 bridgehead atoms. The summed E-state index contributed by atoms with van der Waals surface area (Å²) in [5.74, 6) is 0.318. The van der Waals surface area contributed by atoms with Crippen LogP contribution in [0.1, 0.15) is 41.9 Å². The van der Waals surface area contributed by atoms with Crippen LogP contribution in [0.25, 0.3) is 0 Å². The van der Waals surface area contributed by atoms with Gasteiger partial charge in [-0.1, -0.05) is 13.3 Å². The van der Waals surface area contributed by atoms with Crippen LogP contribution in [-0.4, -0.2) is 34.7 Å². The number of nitrogens with zero attached hydrogens (tertiary/aromatic N) is 1. The van der Waals surface area contributed by atoms with Gasteiger partial charge < -0.3 is 5.11 Å². The highest BCUT2D eigenvalue weighted by molar-refractivity contribution is 4.85. The molecule has 1 aliphatic heterocycles. The molecule has 2 nitrogen and oxygen atoms in total. The van der Waals surface area contributed by atoms with E-state index in [1.54, 1.807) is 0 Å². The Bertz CT molecular complexity index is 190. The summed E-state index contributed by atoms with van der Waals surface area (Å²) in [6, 6.07) is 0. The van der Waals surface area contributed by atoms with Crippen molar-refractivity contribution in [3.8, 4) is 0 Å². The summed E-state index contributed by atoms with van der Waals surface area (Å²) in [6.45, 7) is 8.93. The number of aliphatic hydroxyl groups excluding tert-OH is 1. The van der Waals surface area contributed by atoms with Crippen molar-refractivity contribution in [2.75, 3.05) is 13.1 Å². The third kappa shape index (κ3) is 2.96. The van der Waals surface area contributed by atoms with Crippen LogP contribution in [0, 0.1) is 5.92 Å². The van der Waals surface area contributed by atoms with E-state index in [2.05, 4.69) is 32.6 Å². The Morgan fingerprint density at radius 2 is 2.15 bits per heavy atom. The van der Waals surface area contributed by atoms with E-state index in [1.165, 1.54) is 0 Å². The number of aliphatic hydroxyl groups is 1. The second-order valence-corrected chi connectivity index (χ2v) is 5.03. The van der Waals surface area contributed by atoms with Crippen molar-refractivity contribution in [3.05, 3.63) is 0 Å². The summed E-state index contributed by atoms with van der Waals surface area (Å²) in [6.07, 6.45) is 1.52. The highest BCUT2D eigenvalue weighted by atomic mass is 16.3. The van der Waals surface area contributed by atoms with Crippen molar-refractivity contribution in [2.24, 2.45) is 5.92 Å². The lowest BCUT2D eigenvalue weighted by molar-refractivity contribution is -0.00531. The second-order valence-electron chi connectivity index (χ2n) is 5.03. The molecule has 0 saturated carbocycles.